The van der Waals surface area contributed by atoms with Crippen LogP contribution in [0.3, 0.4) is 0 Å². The van der Waals surface area contributed by atoms with E-state index >= 15 is 0 Å². The normalized spacial score (nSPS) is 13.4. The van der Waals surface area contributed by atoms with Gasteiger partial charge in [-0.1, -0.05) is 19.4 Å². The lowest BCUT2D eigenvalue weighted by Crippen LogP contribution is -2.18. The molecule has 0 fully saturated rings. The SMILES string of the molecule is CCCCOCCCNCc1ccc2c(c1)OCCO2. The van der Waals surface area contributed by atoms with Crippen molar-refractivity contribution in [1.29, 1.82) is 0 Å². The highest BCUT2D eigenvalue weighted by Crippen LogP contribution is 2.30. The fraction of sp³-hybridized carbons (Fsp3) is 0.625. The Hall–Kier alpha value is -1.26. The predicted molar refractivity (Wildman–Crippen MR) is 79.5 cm³/mol. The Labute approximate surface area is 121 Å². The van der Waals surface area contributed by atoms with Crippen molar-refractivity contribution < 1.29 is 14.2 Å². The molecule has 0 radical (unpaired) electrons. The van der Waals surface area contributed by atoms with Crippen molar-refractivity contribution in [2.45, 2.75) is 32.7 Å². The molecular weight excluding hydrogens is 254 g/mol. The standard InChI is InChI=1S/C16H25NO3/c1-2-3-8-18-9-4-7-17-13-14-5-6-15-16(12-14)20-11-10-19-15/h5-6,12,17H,2-4,7-11,13H2,1H3. The van der Waals surface area contributed by atoms with Crippen LogP contribution >= 0.6 is 0 Å². The van der Waals surface area contributed by atoms with E-state index in [9.17, 15) is 0 Å². The van der Waals surface area contributed by atoms with E-state index in [0.29, 0.717) is 13.2 Å². The Balaban J connectivity index is 1.60. The van der Waals surface area contributed by atoms with Crippen LogP contribution in [0, 0.1) is 0 Å². The van der Waals surface area contributed by atoms with Gasteiger partial charge in [0.25, 0.3) is 0 Å². The molecule has 0 aliphatic carbocycles. The number of hydrogen-bond acceptors (Lipinski definition) is 4. The summed E-state index contributed by atoms with van der Waals surface area (Å²) >= 11 is 0. The zero-order valence-electron chi connectivity index (χ0n) is 12.3. The van der Waals surface area contributed by atoms with Crippen LogP contribution in [0.25, 0.3) is 0 Å². The van der Waals surface area contributed by atoms with Crippen LogP contribution in [0.1, 0.15) is 31.7 Å². The average molecular weight is 279 g/mol. The van der Waals surface area contributed by atoms with Gasteiger partial charge in [-0.15, -0.1) is 0 Å². The summed E-state index contributed by atoms with van der Waals surface area (Å²) in [7, 11) is 0. The molecule has 1 heterocycles. The lowest BCUT2D eigenvalue weighted by molar-refractivity contribution is 0.128. The Kier molecular flexibility index (Phi) is 6.68. The van der Waals surface area contributed by atoms with Gasteiger partial charge in [-0.2, -0.15) is 0 Å². The number of benzene rings is 1. The summed E-state index contributed by atoms with van der Waals surface area (Å²) in [6.45, 7) is 7.01. The zero-order chi connectivity index (χ0) is 14.0. The Morgan fingerprint density at radius 3 is 2.75 bits per heavy atom. The van der Waals surface area contributed by atoms with Crippen LogP contribution in [0.4, 0.5) is 0 Å². The van der Waals surface area contributed by atoms with Crippen LogP contribution in [0.15, 0.2) is 18.2 Å². The molecule has 112 valence electrons. The van der Waals surface area contributed by atoms with Crippen molar-refractivity contribution >= 4 is 0 Å². The van der Waals surface area contributed by atoms with Crippen LogP contribution in [-0.4, -0.2) is 33.0 Å². The minimum absolute atomic E-state index is 0.638. The molecule has 1 aromatic rings. The minimum Gasteiger partial charge on any atom is -0.486 e. The molecule has 0 amide bonds. The molecule has 0 saturated carbocycles. The topological polar surface area (TPSA) is 39.7 Å². The summed E-state index contributed by atoms with van der Waals surface area (Å²) in [5.41, 5.74) is 1.22. The highest BCUT2D eigenvalue weighted by molar-refractivity contribution is 5.43. The highest BCUT2D eigenvalue weighted by Gasteiger charge is 2.11. The quantitative estimate of drug-likeness (QED) is 0.706. The van der Waals surface area contributed by atoms with Crippen molar-refractivity contribution in [3.8, 4) is 11.5 Å². The second kappa shape index (κ2) is 8.82. The van der Waals surface area contributed by atoms with Gasteiger partial charge in [0.2, 0.25) is 0 Å². The molecule has 4 nitrogen and oxygen atoms in total. The Morgan fingerprint density at radius 1 is 1.10 bits per heavy atom. The van der Waals surface area contributed by atoms with Crippen LogP contribution in [0.5, 0.6) is 11.5 Å². The van der Waals surface area contributed by atoms with Gasteiger partial charge >= 0.3 is 0 Å². The van der Waals surface area contributed by atoms with E-state index < -0.39 is 0 Å². The predicted octanol–water partition coefficient (Wildman–Crippen LogP) is 2.75. The first-order valence-corrected chi connectivity index (χ1v) is 7.57. The maximum Gasteiger partial charge on any atom is 0.161 e. The van der Waals surface area contributed by atoms with Crippen molar-refractivity contribution in [3.63, 3.8) is 0 Å². The summed E-state index contributed by atoms with van der Waals surface area (Å²) in [5.74, 6) is 1.71. The zero-order valence-corrected chi connectivity index (χ0v) is 12.3. The molecule has 0 saturated heterocycles. The van der Waals surface area contributed by atoms with E-state index in [1.807, 2.05) is 6.07 Å². The second-order valence-corrected chi connectivity index (χ2v) is 4.97. The van der Waals surface area contributed by atoms with Gasteiger partial charge in [0.05, 0.1) is 0 Å². The molecule has 1 aromatic carbocycles. The van der Waals surface area contributed by atoms with E-state index in [1.54, 1.807) is 0 Å². The van der Waals surface area contributed by atoms with Crippen molar-refractivity contribution in [2.24, 2.45) is 0 Å². The smallest absolute Gasteiger partial charge is 0.161 e. The van der Waals surface area contributed by atoms with Gasteiger partial charge in [-0.3, -0.25) is 0 Å². The van der Waals surface area contributed by atoms with Crippen molar-refractivity contribution in [1.82, 2.24) is 5.32 Å². The van der Waals surface area contributed by atoms with Crippen molar-refractivity contribution in [3.05, 3.63) is 23.8 Å². The van der Waals surface area contributed by atoms with Gasteiger partial charge in [0.1, 0.15) is 13.2 Å². The highest BCUT2D eigenvalue weighted by atomic mass is 16.6. The molecule has 2 rings (SSSR count). The first kappa shape index (κ1) is 15.1. The van der Waals surface area contributed by atoms with Crippen LogP contribution in [-0.2, 0) is 11.3 Å². The third-order valence-corrected chi connectivity index (χ3v) is 3.22. The number of nitrogens with one attached hydrogen (secondary N) is 1. The summed E-state index contributed by atoms with van der Waals surface area (Å²) in [5, 5.41) is 3.42. The molecule has 0 bridgehead atoms. The molecule has 0 aromatic heterocycles. The molecule has 4 heteroatoms. The van der Waals surface area contributed by atoms with Crippen LogP contribution < -0.4 is 14.8 Å². The number of rotatable bonds is 9. The molecular formula is C16H25NO3. The molecule has 1 N–H and O–H groups in total. The van der Waals surface area contributed by atoms with Gasteiger partial charge in [-0.25, -0.2) is 0 Å². The summed E-state index contributed by atoms with van der Waals surface area (Å²) < 4.78 is 16.6. The van der Waals surface area contributed by atoms with Gasteiger partial charge in [0.15, 0.2) is 11.5 Å². The minimum atomic E-state index is 0.638. The third-order valence-electron chi connectivity index (χ3n) is 3.22. The van der Waals surface area contributed by atoms with E-state index in [1.165, 1.54) is 12.0 Å². The Bertz CT molecular complexity index is 395. The maximum atomic E-state index is 5.57. The fourth-order valence-electron chi connectivity index (χ4n) is 2.08. The molecule has 20 heavy (non-hydrogen) atoms. The maximum absolute atomic E-state index is 5.57. The average Bonchev–Trinajstić information content (AvgIpc) is 2.50. The molecule has 1 aliphatic rings. The number of ether oxygens (including phenoxy) is 3. The fourth-order valence-corrected chi connectivity index (χ4v) is 2.08. The summed E-state index contributed by atoms with van der Waals surface area (Å²) in [6, 6.07) is 6.12. The lowest BCUT2D eigenvalue weighted by atomic mass is 10.2. The number of unbranched alkanes of at least 4 members (excludes halogenated alkanes) is 1. The molecule has 1 aliphatic heterocycles. The van der Waals surface area contributed by atoms with E-state index in [-0.39, 0.29) is 0 Å². The van der Waals surface area contributed by atoms with E-state index in [4.69, 9.17) is 14.2 Å². The number of hydrogen-bond donors (Lipinski definition) is 1. The van der Waals surface area contributed by atoms with E-state index in [0.717, 1.165) is 50.6 Å². The van der Waals surface area contributed by atoms with Gasteiger partial charge in [-0.05, 0) is 37.1 Å². The Morgan fingerprint density at radius 2 is 1.90 bits per heavy atom. The first-order valence-electron chi connectivity index (χ1n) is 7.57. The summed E-state index contributed by atoms with van der Waals surface area (Å²) in [4.78, 5) is 0. The third kappa shape index (κ3) is 5.02. The first-order chi connectivity index (χ1) is 9.90. The van der Waals surface area contributed by atoms with Gasteiger partial charge < -0.3 is 19.5 Å². The molecule has 0 spiro atoms. The number of fused-ring (bicyclic) bond motifs is 1. The largest absolute Gasteiger partial charge is 0.486 e. The molecule has 0 atom stereocenters. The van der Waals surface area contributed by atoms with Crippen LogP contribution in [0.2, 0.25) is 0 Å². The second-order valence-electron chi connectivity index (χ2n) is 4.97. The van der Waals surface area contributed by atoms with Gasteiger partial charge in [0, 0.05) is 19.8 Å². The monoisotopic (exact) mass is 279 g/mol. The summed E-state index contributed by atoms with van der Waals surface area (Å²) in [6.07, 6.45) is 3.40. The lowest BCUT2D eigenvalue weighted by Gasteiger charge is -2.19. The van der Waals surface area contributed by atoms with Crippen molar-refractivity contribution in [2.75, 3.05) is 33.0 Å². The molecule has 0 unspecified atom stereocenters. The van der Waals surface area contributed by atoms with E-state index in [2.05, 4.69) is 24.4 Å².